The van der Waals surface area contributed by atoms with Gasteiger partial charge in [-0.15, -0.1) is 0 Å². The van der Waals surface area contributed by atoms with Gasteiger partial charge in [0.25, 0.3) is 0 Å². The lowest BCUT2D eigenvalue weighted by Crippen LogP contribution is -2.36. The Morgan fingerprint density at radius 1 is 1.29 bits per heavy atom. The number of nitrogens with one attached hydrogen (secondary N) is 1. The summed E-state index contributed by atoms with van der Waals surface area (Å²) in [4.78, 5) is 2.61. The fraction of sp³-hybridized carbons (Fsp3) is 0.667. The number of halogens is 1. The Morgan fingerprint density at radius 2 is 2.05 bits per heavy atom. The van der Waals surface area contributed by atoms with Gasteiger partial charge in [-0.25, -0.2) is 4.39 Å². The highest BCUT2D eigenvalue weighted by Crippen LogP contribution is 2.25. The summed E-state index contributed by atoms with van der Waals surface area (Å²) in [5.74, 6) is -0.140. The fourth-order valence-corrected chi connectivity index (χ4v) is 3.52. The van der Waals surface area contributed by atoms with E-state index in [9.17, 15) is 4.39 Å². The first-order chi connectivity index (χ1) is 10.2. The molecule has 1 aliphatic carbocycles. The Bertz CT molecular complexity index is 415. The monoisotopic (exact) mass is 292 g/mol. The van der Waals surface area contributed by atoms with Crippen molar-refractivity contribution in [2.45, 2.75) is 58.0 Å². The molecular formula is C18H29FN2. The van der Waals surface area contributed by atoms with E-state index in [1.165, 1.54) is 31.7 Å². The molecule has 1 unspecified atom stereocenters. The second kappa shape index (κ2) is 8.50. The largest absolute Gasteiger partial charge is 0.310 e. The van der Waals surface area contributed by atoms with Crippen molar-refractivity contribution in [3.63, 3.8) is 0 Å². The van der Waals surface area contributed by atoms with Crippen LogP contribution in [-0.2, 0) is 0 Å². The van der Waals surface area contributed by atoms with Crippen LogP contribution in [0.25, 0.3) is 0 Å². The zero-order valence-corrected chi connectivity index (χ0v) is 13.4. The lowest BCUT2D eigenvalue weighted by atomic mass is 10.0. The number of rotatable bonds is 8. The quantitative estimate of drug-likeness (QED) is 0.775. The molecule has 0 heterocycles. The Balaban J connectivity index is 1.95. The summed E-state index contributed by atoms with van der Waals surface area (Å²) < 4.78 is 13.4. The van der Waals surface area contributed by atoms with Gasteiger partial charge in [0.15, 0.2) is 0 Å². The molecule has 2 rings (SSSR count). The van der Waals surface area contributed by atoms with Gasteiger partial charge in [0.1, 0.15) is 5.82 Å². The maximum atomic E-state index is 13.4. The second-order valence-electron chi connectivity index (χ2n) is 6.02. The van der Waals surface area contributed by atoms with E-state index < -0.39 is 0 Å². The van der Waals surface area contributed by atoms with Gasteiger partial charge < -0.3 is 10.2 Å². The number of nitrogens with zero attached hydrogens (tertiary/aromatic N) is 1. The summed E-state index contributed by atoms with van der Waals surface area (Å²) in [6.07, 6.45) is 6.49. The van der Waals surface area contributed by atoms with Crippen LogP contribution in [0.1, 0.15) is 57.6 Å². The Morgan fingerprint density at radius 3 is 2.67 bits per heavy atom. The molecule has 0 saturated heterocycles. The van der Waals surface area contributed by atoms with Crippen molar-refractivity contribution in [1.29, 1.82) is 0 Å². The van der Waals surface area contributed by atoms with Crippen LogP contribution < -0.4 is 5.32 Å². The van der Waals surface area contributed by atoms with Crippen LogP contribution in [0.5, 0.6) is 0 Å². The van der Waals surface area contributed by atoms with Crippen LogP contribution in [0, 0.1) is 5.82 Å². The van der Waals surface area contributed by atoms with Crippen LogP contribution in [0.3, 0.4) is 0 Å². The molecule has 1 aliphatic rings. The molecule has 0 aromatic heterocycles. The van der Waals surface area contributed by atoms with E-state index in [0.717, 1.165) is 37.7 Å². The molecule has 0 bridgehead atoms. The summed E-state index contributed by atoms with van der Waals surface area (Å²) in [7, 11) is 0. The van der Waals surface area contributed by atoms with E-state index in [1.807, 2.05) is 12.1 Å². The van der Waals surface area contributed by atoms with Gasteiger partial charge in [-0.3, -0.25) is 0 Å². The minimum atomic E-state index is -0.140. The Hall–Kier alpha value is -0.930. The molecule has 1 atom stereocenters. The summed E-state index contributed by atoms with van der Waals surface area (Å²) in [6, 6.07) is 8.04. The molecule has 0 spiro atoms. The third kappa shape index (κ3) is 4.79. The van der Waals surface area contributed by atoms with Crippen molar-refractivity contribution in [1.82, 2.24) is 10.2 Å². The molecule has 2 nitrogen and oxygen atoms in total. The highest BCUT2D eigenvalue weighted by molar-refractivity contribution is 5.20. The van der Waals surface area contributed by atoms with Crippen molar-refractivity contribution < 1.29 is 4.39 Å². The maximum Gasteiger partial charge on any atom is 0.123 e. The summed E-state index contributed by atoms with van der Waals surface area (Å²) in [5.41, 5.74) is 1.07. The van der Waals surface area contributed by atoms with Crippen LogP contribution in [0.15, 0.2) is 24.3 Å². The van der Waals surface area contributed by atoms with E-state index in [1.54, 1.807) is 6.07 Å². The van der Waals surface area contributed by atoms with Crippen LogP contribution in [0.4, 0.5) is 4.39 Å². The predicted molar refractivity (Wildman–Crippen MR) is 86.9 cm³/mol. The third-order valence-electron chi connectivity index (χ3n) is 4.65. The molecule has 118 valence electrons. The van der Waals surface area contributed by atoms with Gasteiger partial charge in [-0.1, -0.05) is 38.8 Å². The summed E-state index contributed by atoms with van der Waals surface area (Å²) in [6.45, 7) is 7.49. The van der Waals surface area contributed by atoms with Crippen molar-refractivity contribution >= 4 is 0 Å². The molecule has 0 aliphatic heterocycles. The summed E-state index contributed by atoms with van der Waals surface area (Å²) in [5, 5.41) is 3.50. The van der Waals surface area contributed by atoms with Gasteiger partial charge in [-0.05, 0) is 50.0 Å². The smallest absolute Gasteiger partial charge is 0.123 e. The van der Waals surface area contributed by atoms with E-state index in [0.29, 0.717) is 0 Å². The first-order valence-corrected chi connectivity index (χ1v) is 8.47. The lowest BCUT2D eigenvalue weighted by molar-refractivity contribution is 0.198. The first-order valence-electron chi connectivity index (χ1n) is 8.47. The average Bonchev–Trinajstić information content (AvgIpc) is 3.01. The van der Waals surface area contributed by atoms with E-state index >= 15 is 0 Å². The number of hydrogen-bond donors (Lipinski definition) is 1. The average molecular weight is 292 g/mol. The van der Waals surface area contributed by atoms with Crippen LogP contribution in [-0.4, -0.2) is 30.6 Å². The normalized spacial score (nSPS) is 17.5. The molecule has 3 heteroatoms. The van der Waals surface area contributed by atoms with Crippen molar-refractivity contribution in [2.24, 2.45) is 0 Å². The standard InChI is InChI=1S/C18H29FN2/c1-3-20-18(15-8-7-9-16(19)14-15)12-13-21(4-2)17-10-5-6-11-17/h7-9,14,17-18,20H,3-6,10-13H2,1-2H3. The Kier molecular flexibility index (Phi) is 6.65. The van der Waals surface area contributed by atoms with Gasteiger partial charge in [-0.2, -0.15) is 0 Å². The molecule has 0 amide bonds. The fourth-order valence-electron chi connectivity index (χ4n) is 3.52. The molecule has 21 heavy (non-hydrogen) atoms. The minimum Gasteiger partial charge on any atom is -0.310 e. The Labute approximate surface area is 128 Å². The maximum absolute atomic E-state index is 13.4. The van der Waals surface area contributed by atoms with Gasteiger partial charge in [0.2, 0.25) is 0 Å². The zero-order chi connectivity index (χ0) is 15.1. The van der Waals surface area contributed by atoms with Crippen molar-refractivity contribution in [3.8, 4) is 0 Å². The van der Waals surface area contributed by atoms with E-state index in [2.05, 4.69) is 24.1 Å². The minimum absolute atomic E-state index is 0.140. The van der Waals surface area contributed by atoms with Crippen LogP contribution in [0.2, 0.25) is 0 Å². The predicted octanol–water partition coefficient (Wildman–Crippen LogP) is 4.13. The molecule has 1 aromatic carbocycles. The lowest BCUT2D eigenvalue weighted by Gasteiger charge is -2.29. The molecule has 1 fully saturated rings. The number of hydrogen-bond acceptors (Lipinski definition) is 2. The number of benzene rings is 1. The van der Waals surface area contributed by atoms with Crippen molar-refractivity contribution in [2.75, 3.05) is 19.6 Å². The highest BCUT2D eigenvalue weighted by Gasteiger charge is 2.22. The topological polar surface area (TPSA) is 15.3 Å². The van der Waals surface area contributed by atoms with E-state index in [-0.39, 0.29) is 11.9 Å². The van der Waals surface area contributed by atoms with Gasteiger partial charge in [0, 0.05) is 18.6 Å². The molecule has 1 N–H and O–H groups in total. The first kappa shape index (κ1) is 16.4. The SMILES string of the molecule is CCNC(CCN(CC)C1CCCC1)c1cccc(F)c1. The van der Waals surface area contributed by atoms with Crippen LogP contribution >= 0.6 is 0 Å². The van der Waals surface area contributed by atoms with Gasteiger partial charge in [0.05, 0.1) is 0 Å². The summed E-state index contributed by atoms with van der Waals surface area (Å²) >= 11 is 0. The second-order valence-corrected chi connectivity index (χ2v) is 6.02. The zero-order valence-electron chi connectivity index (χ0n) is 13.4. The van der Waals surface area contributed by atoms with Gasteiger partial charge >= 0.3 is 0 Å². The third-order valence-corrected chi connectivity index (χ3v) is 4.65. The molecule has 1 saturated carbocycles. The van der Waals surface area contributed by atoms with Crippen molar-refractivity contribution in [3.05, 3.63) is 35.6 Å². The molecular weight excluding hydrogens is 263 g/mol. The molecule has 0 radical (unpaired) electrons. The highest BCUT2D eigenvalue weighted by atomic mass is 19.1. The molecule has 1 aromatic rings. The van der Waals surface area contributed by atoms with E-state index in [4.69, 9.17) is 0 Å².